The van der Waals surface area contributed by atoms with Gasteiger partial charge in [0.2, 0.25) is 0 Å². The van der Waals surface area contributed by atoms with Gasteiger partial charge in [0.1, 0.15) is 5.69 Å². The van der Waals surface area contributed by atoms with Crippen LogP contribution in [-0.2, 0) is 0 Å². The van der Waals surface area contributed by atoms with Crippen molar-refractivity contribution in [2.45, 2.75) is 13.0 Å². The maximum absolute atomic E-state index is 12.3. The second-order valence-corrected chi connectivity index (χ2v) is 6.16. The zero-order valence-corrected chi connectivity index (χ0v) is 13.7. The van der Waals surface area contributed by atoms with Gasteiger partial charge in [-0.2, -0.15) is 0 Å². The Balaban J connectivity index is 1.95. The lowest BCUT2D eigenvalue weighted by atomic mass is 10.2. The van der Waals surface area contributed by atoms with Crippen molar-refractivity contribution >= 4 is 39.0 Å². The topological polar surface area (TPSA) is 62.5 Å². The number of thiocarbonyl (C=S) groups is 1. The third-order valence-corrected chi connectivity index (χ3v) is 4.32. The van der Waals surface area contributed by atoms with E-state index in [2.05, 4.69) is 25.8 Å². The molecule has 0 bridgehead atoms. The van der Waals surface area contributed by atoms with Crippen molar-refractivity contribution in [3.8, 4) is 0 Å². The minimum Gasteiger partial charge on any atom is -0.392 e. The molecule has 20 heavy (non-hydrogen) atoms. The van der Waals surface area contributed by atoms with Gasteiger partial charge in [-0.3, -0.25) is 9.69 Å². The Morgan fingerprint density at radius 1 is 1.40 bits per heavy atom. The number of carbonyl (C=O) groups is 1. The molecule has 1 aliphatic heterocycles. The molecular weight excluding hydrogens is 340 g/mol. The molecule has 0 aliphatic carbocycles. The standard InChI is InChI=1S/C13H17BrN4OS/c1-9(12(15)20)17-4-6-18(7-5-17)13(19)11-3-2-10(14)8-16-11/h2-3,8-9H,4-7H2,1H3,(H2,15,20). The number of rotatable bonds is 3. The molecule has 1 fully saturated rings. The number of nitrogens with two attached hydrogens (primary N) is 1. The molecule has 1 aromatic rings. The largest absolute Gasteiger partial charge is 0.392 e. The highest BCUT2D eigenvalue weighted by molar-refractivity contribution is 9.10. The number of pyridine rings is 1. The third-order valence-electron chi connectivity index (χ3n) is 3.51. The number of piperazine rings is 1. The van der Waals surface area contributed by atoms with Crippen LogP contribution in [-0.4, -0.2) is 57.9 Å². The van der Waals surface area contributed by atoms with Crippen LogP contribution >= 0.6 is 28.1 Å². The normalized spacial score (nSPS) is 17.8. The zero-order chi connectivity index (χ0) is 14.7. The van der Waals surface area contributed by atoms with Crippen molar-refractivity contribution < 1.29 is 4.79 Å². The lowest BCUT2D eigenvalue weighted by Gasteiger charge is -2.37. The summed E-state index contributed by atoms with van der Waals surface area (Å²) >= 11 is 8.32. The lowest BCUT2D eigenvalue weighted by Crippen LogP contribution is -2.54. The van der Waals surface area contributed by atoms with Crippen molar-refractivity contribution in [3.63, 3.8) is 0 Å². The van der Waals surface area contributed by atoms with Gasteiger partial charge >= 0.3 is 0 Å². The molecule has 1 aliphatic rings. The highest BCUT2D eigenvalue weighted by Gasteiger charge is 2.26. The average molecular weight is 357 g/mol. The average Bonchev–Trinajstić information content (AvgIpc) is 2.46. The highest BCUT2D eigenvalue weighted by Crippen LogP contribution is 2.12. The monoisotopic (exact) mass is 356 g/mol. The first-order valence-corrected chi connectivity index (χ1v) is 7.63. The first-order valence-electron chi connectivity index (χ1n) is 6.43. The van der Waals surface area contributed by atoms with Crippen LogP contribution in [0.25, 0.3) is 0 Å². The molecule has 2 heterocycles. The molecule has 0 radical (unpaired) electrons. The Morgan fingerprint density at radius 2 is 2.05 bits per heavy atom. The van der Waals surface area contributed by atoms with E-state index < -0.39 is 0 Å². The van der Waals surface area contributed by atoms with Gasteiger partial charge in [-0.25, -0.2) is 4.98 Å². The van der Waals surface area contributed by atoms with E-state index in [9.17, 15) is 4.79 Å². The number of aromatic nitrogens is 1. The molecule has 1 atom stereocenters. The fourth-order valence-electron chi connectivity index (χ4n) is 2.16. The maximum Gasteiger partial charge on any atom is 0.272 e. The quantitative estimate of drug-likeness (QED) is 0.826. The summed E-state index contributed by atoms with van der Waals surface area (Å²) in [6, 6.07) is 3.63. The summed E-state index contributed by atoms with van der Waals surface area (Å²) in [5, 5.41) is 0. The summed E-state index contributed by atoms with van der Waals surface area (Å²) in [7, 11) is 0. The molecule has 1 aromatic heterocycles. The molecular formula is C13H17BrN4OS. The predicted molar refractivity (Wildman–Crippen MR) is 85.7 cm³/mol. The Hall–Kier alpha value is -1.05. The summed E-state index contributed by atoms with van der Waals surface area (Å²) in [6.07, 6.45) is 1.64. The van der Waals surface area contributed by atoms with E-state index in [1.54, 1.807) is 12.3 Å². The number of hydrogen-bond donors (Lipinski definition) is 1. The minimum absolute atomic E-state index is 0.0277. The fourth-order valence-corrected chi connectivity index (χ4v) is 2.54. The second kappa shape index (κ2) is 6.60. The van der Waals surface area contributed by atoms with Crippen LogP contribution in [0.5, 0.6) is 0 Å². The van der Waals surface area contributed by atoms with Crippen molar-refractivity contribution in [3.05, 3.63) is 28.5 Å². The molecule has 2 rings (SSSR count). The van der Waals surface area contributed by atoms with Gasteiger partial charge in [0.15, 0.2) is 0 Å². The van der Waals surface area contributed by atoms with E-state index in [0.29, 0.717) is 23.8 Å². The Kier molecular flexibility index (Phi) is 5.06. The maximum atomic E-state index is 12.3. The smallest absolute Gasteiger partial charge is 0.272 e. The number of hydrogen-bond acceptors (Lipinski definition) is 4. The van der Waals surface area contributed by atoms with Crippen LogP contribution in [0, 0.1) is 0 Å². The van der Waals surface area contributed by atoms with Gasteiger partial charge in [0, 0.05) is 36.8 Å². The molecule has 0 saturated carbocycles. The van der Waals surface area contributed by atoms with E-state index in [0.717, 1.165) is 17.6 Å². The van der Waals surface area contributed by atoms with E-state index in [1.807, 2.05) is 17.9 Å². The predicted octanol–water partition coefficient (Wildman–Crippen LogP) is 1.28. The Bertz CT molecular complexity index is 500. The van der Waals surface area contributed by atoms with Crippen LogP contribution < -0.4 is 5.73 Å². The molecule has 2 N–H and O–H groups in total. The van der Waals surface area contributed by atoms with Gasteiger partial charge in [0.05, 0.1) is 11.0 Å². The van der Waals surface area contributed by atoms with E-state index in [1.165, 1.54) is 0 Å². The van der Waals surface area contributed by atoms with Gasteiger partial charge in [-0.1, -0.05) is 12.2 Å². The summed E-state index contributed by atoms with van der Waals surface area (Å²) in [4.78, 5) is 21.0. The summed E-state index contributed by atoms with van der Waals surface area (Å²) in [5.74, 6) is -0.0277. The van der Waals surface area contributed by atoms with Gasteiger partial charge < -0.3 is 10.6 Å². The van der Waals surface area contributed by atoms with E-state index >= 15 is 0 Å². The Morgan fingerprint density at radius 3 is 2.55 bits per heavy atom. The first-order chi connectivity index (χ1) is 9.49. The number of carbonyl (C=O) groups excluding carboxylic acids is 1. The molecule has 0 spiro atoms. The molecule has 1 unspecified atom stereocenters. The fraction of sp³-hybridized carbons (Fsp3) is 0.462. The number of halogens is 1. The van der Waals surface area contributed by atoms with Crippen LogP contribution in [0.1, 0.15) is 17.4 Å². The van der Waals surface area contributed by atoms with Gasteiger partial charge in [-0.15, -0.1) is 0 Å². The SMILES string of the molecule is CC(C(N)=S)N1CCN(C(=O)c2ccc(Br)cn2)CC1. The van der Waals surface area contributed by atoms with Crippen LogP contribution in [0.2, 0.25) is 0 Å². The van der Waals surface area contributed by atoms with Crippen molar-refractivity contribution in [1.82, 2.24) is 14.8 Å². The summed E-state index contributed by atoms with van der Waals surface area (Å²) in [5.41, 5.74) is 6.14. The molecule has 1 amide bonds. The van der Waals surface area contributed by atoms with Crippen LogP contribution in [0.3, 0.4) is 0 Å². The Labute approximate surface area is 132 Å². The first kappa shape index (κ1) is 15.3. The molecule has 7 heteroatoms. The van der Waals surface area contributed by atoms with Crippen LogP contribution in [0.15, 0.2) is 22.8 Å². The van der Waals surface area contributed by atoms with E-state index in [-0.39, 0.29) is 11.9 Å². The lowest BCUT2D eigenvalue weighted by molar-refractivity contribution is 0.0616. The second-order valence-electron chi connectivity index (χ2n) is 4.77. The highest BCUT2D eigenvalue weighted by atomic mass is 79.9. The van der Waals surface area contributed by atoms with Crippen molar-refractivity contribution in [1.29, 1.82) is 0 Å². The van der Waals surface area contributed by atoms with Crippen molar-refractivity contribution in [2.75, 3.05) is 26.2 Å². The van der Waals surface area contributed by atoms with Crippen molar-refractivity contribution in [2.24, 2.45) is 5.73 Å². The van der Waals surface area contributed by atoms with Gasteiger partial charge in [0.25, 0.3) is 5.91 Å². The minimum atomic E-state index is -0.0277. The third kappa shape index (κ3) is 3.53. The molecule has 108 valence electrons. The summed E-state index contributed by atoms with van der Waals surface area (Å²) < 4.78 is 0.865. The zero-order valence-electron chi connectivity index (χ0n) is 11.3. The number of amides is 1. The number of nitrogens with zero attached hydrogens (tertiary/aromatic N) is 3. The van der Waals surface area contributed by atoms with Crippen LogP contribution in [0.4, 0.5) is 0 Å². The molecule has 5 nitrogen and oxygen atoms in total. The molecule has 0 aromatic carbocycles. The molecule has 1 saturated heterocycles. The van der Waals surface area contributed by atoms with E-state index in [4.69, 9.17) is 18.0 Å². The van der Waals surface area contributed by atoms with Gasteiger partial charge in [-0.05, 0) is 35.0 Å². The summed E-state index contributed by atoms with van der Waals surface area (Å²) in [6.45, 7) is 4.89.